The number of primary amides is 1. The molecule has 1 amide bonds. The highest BCUT2D eigenvalue weighted by molar-refractivity contribution is 5.75. The predicted octanol–water partition coefficient (Wildman–Crippen LogP) is 2.42. The minimum atomic E-state index is -5.60. The van der Waals surface area contributed by atoms with Gasteiger partial charge in [0, 0.05) is 0 Å². The molecule has 0 aromatic heterocycles. The lowest BCUT2D eigenvalue weighted by Gasteiger charge is -2.23. The van der Waals surface area contributed by atoms with Crippen LogP contribution in [0.3, 0.4) is 0 Å². The van der Waals surface area contributed by atoms with Crippen LogP contribution in [-0.4, -0.2) is 31.0 Å². The number of carbonyl (C=O) groups is 1. The highest BCUT2D eigenvalue weighted by atomic mass is 19.4. The zero-order valence-corrected chi connectivity index (χ0v) is 10.2. The van der Waals surface area contributed by atoms with Crippen molar-refractivity contribution in [2.75, 3.05) is 6.61 Å². The van der Waals surface area contributed by atoms with E-state index in [9.17, 15) is 31.1 Å². The van der Waals surface area contributed by atoms with Crippen molar-refractivity contribution in [3.8, 4) is 11.5 Å². The van der Waals surface area contributed by atoms with Crippen LogP contribution >= 0.6 is 0 Å². The standard InChI is InChI=1S/C11H9F6NO3/c12-10(13,14)9(11(15,16)17)21-7-3-1-6(2-4-7)20-5-8(18)19/h1-4,9H,5H2,(H2,18,19). The fourth-order valence-corrected chi connectivity index (χ4v) is 1.22. The molecule has 2 N–H and O–H groups in total. The molecule has 0 aliphatic carbocycles. The topological polar surface area (TPSA) is 61.6 Å². The lowest BCUT2D eigenvalue weighted by atomic mass is 10.3. The van der Waals surface area contributed by atoms with E-state index in [-0.39, 0.29) is 5.75 Å². The molecule has 0 bridgehead atoms. The fraction of sp³-hybridized carbons (Fsp3) is 0.364. The van der Waals surface area contributed by atoms with Crippen LogP contribution in [0.25, 0.3) is 0 Å². The van der Waals surface area contributed by atoms with Gasteiger partial charge in [0.15, 0.2) is 6.61 Å². The van der Waals surface area contributed by atoms with Gasteiger partial charge in [-0.25, -0.2) is 0 Å². The second kappa shape index (κ2) is 6.10. The van der Waals surface area contributed by atoms with Gasteiger partial charge in [0.25, 0.3) is 12.0 Å². The Bertz CT molecular complexity index is 468. The maximum atomic E-state index is 12.3. The molecule has 1 rings (SSSR count). The Morgan fingerprint density at radius 1 is 1.00 bits per heavy atom. The lowest BCUT2D eigenvalue weighted by Crippen LogP contribution is -2.46. The van der Waals surface area contributed by atoms with Gasteiger partial charge >= 0.3 is 12.4 Å². The molecule has 4 nitrogen and oxygen atoms in total. The normalized spacial score (nSPS) is 12.3. The molecule has 0 heterocycles. The highest BCUT2D eigenvalue weighted by Gasteiger charge is 2.59. The Balaban J connectivity index is 2.79. The van der Waals surface area contributed by atoms with E-state index in [0.29, 0.717) is 0 Å². The average Bonchev–Trinajstić information content (AvgIpc) is 2.32. The van der Waals surface area contributed by atoms with Gasteiger partial charge in [-0.05, 0) is 24.3 Å². The van der Waals surface area contributed by atoms with Gasteiger partial charge < -0.3 is 15.2 Å². The quantitative estimate of drug-likeness (QED) is 0.849. The van der Waals surface area contributed by atoms with Crippen molar-refractivity contribution in [2.24, 2.45) is 5.73 Å². The molecule has 1 aromatic rings. The molecular formula is C11H9F6NO3. The number of benzene rings is 1. The summed E-state index contributed by atoms with van der Waals surface area (Å²) in [6.07, 6.45) is -15.1. The van der Waals surface area contributed by atoms with Gasteiger partial charge in [0.2, 0.25) is 0 Å². The van der Waals surface area contributed by atoms with Crippen LogP contribution in [0.15, 0.2) is 24.3 Å². The summed E-state index contributed by atoms with van der Waals surface area (Å²) in [6.45, 7) is -0.478. The summed E-state index contributed by atoms with van der Waals surface area (Å²) in [6, 6.07) is 3.78. The number of amides is 1. The highest BCUT2D eigenvalue weighted by Crippen LogP contribution is 2.36. The summed E-state index contributed by atoms with van der Waals surface area (Å²) in [5, 5.41) is 0. The minimum Gasteiger partial charge on any atom is -0.484 e. The van der Waals surface area contributed by atoms with Gasteiger partial charge in [-0.2, -0.15) is 26.3 Å². The van der Waals surface area contributed by atoms with Gasteiger partial charge in [0.1, 0.15) is 11.5 Å². The van der Waals surface area contributed by atoms with E-state index in [1.54, 1.807) is 0 Å². The Labute approximate surface area is 114 Å². The summed E-state index contributed by atoms with van der Waals surface area (Å²) < 4.78 is 82.3. The SMILES string of the molecule is NC(=O)COc1ccc(OC(C(F)(F)F)C(F)(F)F)cc1. The van der Waals surface area contributed by atoms with E-state index in [0.717, 1.165) is 24.3 Å². The maximum absolute atomic E-state index is 12.3. The van der Waals surface area contributed by atoms with Gasteiger partial charge in [-0.3, -0.25) is 4.79 Å². The zero-order chi connectivity index (χ0) is 16.3. The second-order valence-electron chi connectivity index (χ2n) is 3.81. The first-order chi connectivity index (χ1) is 9.50. The fourth-order valence-electron chi connectivity index (χ4n) is 1.22. The number of hydrogen-bond acceptors (Lipinski definition) is 3. The molecule has 10 heteroatoms. The number of alkyl halides is 6. The molecule has 1 aromatic carbocycles. The Morgan fingerprint density at radius 2 is 1.43 bits per heavy atom. The van der Waals surface area contributed by atoms with E-state index in [2.05, 4.69) is 4.74 Å². The summed E-state index contributed by atoms with van der Waals surface area (Å²) in [7, 11) is 0. The third-order valence-corrected chi connectivity index (χ3v) is 2.05. The molecule has 0 aliphatic heterocycles. The number of carbonyl (C=O) groups excluding carboxylic acids is 1. The van der Waals surface area contributed by atoms with Crippen LogP contribution in [0.5, 0.6) is 11.5 Å². The van der Waals surface area contributed by atoms with E-state index in [1.165, 1.54) is 0 Å². The molecule has 0 saturated heterocycles. The van der Waals surface area contributed by atoms with Crippen molar-refractivity contribution in [3.63, 3.8) is 0 Å². The van der Waals surface area contributed by atoms with Gasteiger partial charge in [-0.15, -0.1) is 0 Å². The van der Waals surface area contributed by atoms with E-state index in [1.807, 2.05) is 0 Å². The number of nitrogens with two attached hydrogens (primary N) is 1. The number of ether oxygens (including phenoxy) is 2. The van der Waals surface area contributed by atoms with Crippen LogP contribution < -0.4 is 15.2 Å². The molecule has 21 heavy (non-hydrogen) atoms. The molecule has 0 atom stereocenters. The number of hydrogen-bond donors (Lipinski definition) is 1. The largest absolute Gasteiger partial charge is 0.484 e. The van der Waals surface area contributed by atoms with E-state index >= 15 is 0 Å². The van der Waals surface area contributed by atoms with Crippen molar-refractivity contribution in [1.82, 2.24) is 0 Å². The van der Waals surface area contributed by atoms with Crippen molar-refractivity contribution < 1.29 is 40.6 Å². The van der Waals surface area contributed by atoms with E-state index in [4.69, 9.17) is 10.5 Å². The molecule has 0 unspecified atom stereocenters. The summed E-state index contributed by atoms with van der Waals surface area (Å²) in [5.41, 5.74) is 4.79. The first kappa shape index (κ1) is 16.9. The second-order valence-corrected chi connectivity index (χ2v) is 3.81. The Hall–Kier alpha value is -2.13. The zero-order valence-electron chi connectivity index (χ0n) is 10.2. The van der Waals surface area contributed by atoms with Crippen LogP contribution in [0.2, 0.25) is 0 Å². The smallest absolute Gasteiger partial charge is 0.434 e. The van der Waals surface area contributed by atoms with Crippen LogP contribution in [0.4, 0.5) is 26.3 Å². The van der Waals surface area contributed by atoms with Crippen molar-refractivity contribution in [3.05, 3.63) is 24.3 Å². The molecular weight excluding hydrogens is 308 g/mol. The van der Waals surface area contributed by atoms with E-state index < -0.39 is 36.7 Å². The van der Waals surface area contributed by atoms with Crippen LogP contribution in [0, 0.1) is 0 Å². The van der Waals surface area contributed by atoms with Crippen molar-refractivity contribution in [2.45, 2.75) is 18.5 Å². The minimum absolute atomic E-state index is 0.0386. The van der Waals surface area contributed by atoms with Crippen molar-refractivity contribution in [1.29, 1.82) is 0 Å². The van der Waals surface area contributed by atoms with Crippen molar-refractivity contribution >= 4 is 5.91 Å². The Kier molecular flexibility index (Phi) is 4.92. The molecule has 0 radical (unpaired) electrons. The van der Waals surface area contributed by atoms with Crippen LogP contribution in [-0.2, 0) is 4.79 Å². The summed E-state index contributed by atoms with van der Waals surface area (Å²) in [5.74, 6) is -1.40. The lowest BCUT2D eigenvalue weighted by molar-refractivity contribution is -0.299. The maximum Gasteiger partial charge on any atom is 0.434 e. The monoisotopic (exact) mass is 317 g/mol. The average molecular weight is 317 g/mol. The molecule has 0 saturated carbocycles. The Morgan fingerprint density at radius 3 is 1.81 bits per heavy atom. The third kappa shape index (κ3) is 5.40. The number of rotatable bonds is 5. The van der Waals surface area contributed by atoms with Gasteiger partial charge in [0.05, 0.1) is 0 Å². The molecule has 118 valence electrons. The number of halogens is 6. The molecule has 0 fully saturated rings. The predicted molar refractivity (Wildman–Crippen MR) is 57.7 cm³/mol. The first-order valence-electron chi connectivity index (χ1n) is 5.31. The summed E-state index contributed by atoms with van der Waals surface area (Å²) >= 11 is 0. The first-order valence-corrected chi connectivity index (χ1v) is 5.31. The summed E-state index contributed by atoms with van der Waals surface area (Å²) in [4.78, 5) is 10.4. The van der Waals surface area contributed by atoms with Gasteiger partial charge in [-0.1, -0.05) is 0 Å². The molecule has 0 aliphatic rings. The molecule has 0 spiro atoms. The van der Waals surface area contributed by atoms with Crippen LogP contribution in [0.1, 0.15) is 0 Å². The third-order valence-electron chi connectivity index (χ3n) is 2.05.